The summed E-state index contributed by atoms with van der Waals surface area (Å²) in [4.78, 5) is 23.8. The van der Waals surface area contributed by atoms with Crippen molar-refractivity contribution in [2.24, 2.45) is 0 Å². The molecule has 0 spiro atoms. The first-order valence-electron chi connectivity index (χ1n) is 5.97. The summed E-state index contributed by atoms with van der Waals surface area (Å²) in [7, 11) is 1.35. The number of methoxy groups -OCH3 is 1. The molecule has 0 aliphatic carbocycles. The lowest BCUT2D eigenvalue weighted by Crippen LogP contribution is -2.23. The fraction of sp³-hybridized carbons (Fsp3) is 0.385. The molecule has 0 saturated heterocycles. The van der Waals surface area contributed by atoms with Crippen LogP contribution in [-0.2, 0) is 9.53 Å². The molecule has 108 valence electrons. The van der Waals surface area contributed by atoms with Gasteiger partial charge in [0.2, 0.25) is 0 Å². The van der Waals surface area contributed by atoms with Crippen LogP contribution in [0.2, 0.25) is 5.02 Å². The Bertz CT molecular complexity index is 554. The first kappa shape index (κ1) is 14.5. The maximum atomic E-state index is 12.2. The van der Waals surface area contributed by atoms with Crippen LogP contribution < -0.4 is 14.2 Å². The van der Waals surface area contributed by atoms with Crippen LogP contribution in [0.15, 0.2) is 6.07 Å². The van der Waals surface area contributed by atoms with Crippen molar-refractivity contribution in [3.63, 3.8) is 0 Å². The minimum absolute atomic E-state index is 0.0639. The molecule has 1 aliphatic heterocycles. The van der Waals surface area contributed by atoms with E-state index in [4.69, 9.17) is 30.5 Å². The molecular formula is C13H13ClO6. The highest BCUT2D eigenvalue weighted by atomic mass is 35.5. The van der Waals surface area contributed by atoms with Gasteiger partial charge in [-0.2, -0.15) is 0 Å². The van der Waals surface area contributed by atoms with Crippen molar-refractivity contribution in [3.05, 3.63) is 16.7 Å². The van der Waals surface area contributed by atoms with Crippen molar-refractivity contribution in [2.75, 3.05) is 26.9 Å². The maximum Gasteiger partial charge on any atom is 0.379 e. The largest absolute Gasteiger partial charge is 0.494 e. The van der Waals surface area contributed by atoms with Crippen LogP contribution in [0.1, 0.15) is 17.3 Å². The molecular weight excluding hydrogens is 288 g/mol. The molecule has 0 radical (unpaired) electrons. The van der Waals surface area contributed by atoms with E-state index in [-0.39, 0.29) is 35.3 Å². The van der Waals surface area contributed by atoms with Gasteiger partial charge in [0.05, 0.1) is 18.7 Å². The van der Waals surface area contributed by atoms with Crippen molar-refractivity contribution in [1.82, 2.24) is 0 Å². The van der Waals surface area contributed by atoms with Gasteiger partial charge in [0.15, 0.2) is 17.2 Å². The molecule has 1 aromatic rings. The normalized spacial score (nSPS) is 12.8. The van der Waals surface area contributed by atoms with E-state index < -0.39 is 11.8 Å². The number of hydrogen-bond acceptors (Lipinski definition) is 6. The van der Waals surface area contributed by atoms with Gasteiger partial charge in [-0.15, -0.1) is 0 Å². The molecule has 0 atom stereocenters. The fourth-order valence-corrected chi connectivity index (χ4v) is 2.11. The average molecular weight is 301 g/mol. The van der Waals surface area contributed by atoms with Crippen molar-refractivity contribution in [3.8, 4) is 17.2 Å². The number of benzene rings is 1. The molecule has 1 aliphatic rings. The van der Waals surface area contributed by atoms with E-state index in [1.807, 2.05) is 0 Å². The highest BCUT2D eigenvalue weighted by Crippen LogP contribution is 2.44. The van der Waals surface area contributed by atoms with Gasteiger partial charge in [0.1, 0.15) is 18.8 Å². The zero-order valence-corrected chi connectivity index (χ0v) is 11.8. The molecule has 0 amide bonds. The van der Waals surface area contributed by atoms with E-state index in [0.29, 0.717) is 12.4 Å². The Hall–Kier alpha value is -1.95. The van der Waals surface area contributed by atoms with Gasteiger partial charge < -0.3 is 18.9 Å². The van der Waals surface area contributed by atoms with Gasteiger partial charge in [-0.25, -0.2) is 4.79 Å². The SMILES string of the molecule is CCOC(=O)C(=O)c1c(OC)c(Cl)cc2c1OCCO2. The highest BCUT2D eigenvalue weighted by Gasteiger charge is 2.32. The summed E-state index contributed by atoms with van der Waals surface area (Å²) in [5, 5.41) is 0.157. The van der Waals surface area contributed by atoms with Crippen molar-refractivity contribution < 1.29 is 28.5 Å². The number of halogens is 1. The zero-order valence-electron chi connectivity index (χ0n) is 11.0. The number of ketones is 1. The van der Waals surface area contributed by atoms with Crippen LogP contribution in [-0.4, -0.2) is 38.7 Å². The number of esters is 1. The zero-order chi connectivity index (χ0) is 14.7. The first-order chi connectivity index (χ1) is 9.60. The molecule has 0 unspecified atom stereocenters. The van der Waals surface area contributed by atoms with Crippen molar-refractivity contribution >= 4 is 23.4 Å². The maximum absolute atomic E-state index is 12.2. The molecule has 7 heteroatoms. The lowest BCUT2D eigenvalue weighted by atomic mass is 10.1. The van der Waals surface area contributed by atoms with Crippen LogP contribution in [0, 0.1) is 0 Å². The number of carbonyl (C=O) groups excluding carboxylic acids is 2. The molecule has 1 heterocycles. The van der Waals surface area contributed by atoms with Crippen LogP contribution in [0.25, 0.3) is 0 Å². The van der Waals surface area contributed by atoms with Crippen molar-refractivity contribution in [2.45, 2.75) is 6.92 Å². The smallest absolute Gasteiger partial charge is 0.379 e. The number of ether oxygens (including phenoxy) is 4. The molecule has 6 nitrogen and oxygen atoms in total. The van der Waals surface area contributed by atoms with Crippen molar-refractivity contribution in [1.29, 1.82) is 0 Å². The second-order valence-electron chi connectivity index (χ2n) is 3.84. The number of carbonyl (C=O) groups is 2. The first-order valence-corrected chi connectivity index (χ1v) is 6.35. The average Bonchev–Trinajstić information content (AvgIpc) is 2.45. The summed E-state index contributed by atoms with van der Waals surface area (Å²) < 4.78 is 20.6. The minimum Gasteiger partial charge on any atom is -0.494 e. The lowest BCUT2D eigenvalue weighted by Gasteiger charge is -2.22. The summed E-state index contributed by atoms with van der Waals surface area (Å²) in [6.45, 7) is 2.30. The molecule has 0 aromatic heterocycles. The second kappa shape index (κ2) is 6.00. The van der Waals surface area contributed by atoms with Gasteiger partial charge in [-0.3, -0.25) is 4.79 Å². The monoisotopic (exact) mass is 300 g/mol. The van der Waals surface area contributed by atoms with E-state index in [1.54, 1.807) is 6.92 Å². The quantitative estimate of drug-likeness (QED) is 0.480. The summed E-state index contributed by atoms with van der Waals surface area (Å²) in [5.41, 5.74) is -0.0758. The van der Waals surface area contributed by atoms with E-state index in [9.17, 15) is 9.59 Å². The molecule has 2 rings (SSSR count). The molecule has 0 saturated carbocycles. The number of fused-ring (bicyclic) bond motifs is 1. The predicted molar refractivity (Wildman–Crippen MR) is 70.0 cm³/mol. The molecule has 0 bridgehead atoms. The molecule has 0 N–H and O–H groups in total. The number of hydrogen-bond donors (Lipinski definition) is 0. The topological polar surface area (TPSA) is 71.1 Å². The Labute approximate surface area is 120 Å². The van der Waals surface area contributed by atoms with E-state index >= 15 is 0 Å². The Kier molecular flexibility index (Phi) is 4.34. The highest BCUT2D eigenvalue weighted by molar-refractivity contribution is 6.43. The summed E-state index contributed by atoms with van der Waals surface area (Å²) in [5.74, 6) is -1.36. The van der Waals surface area contributed by atoms with Crippen LogP contribution in [0.3, 0.4) is 0 Å². The third kappa shape index (κ3) is 2.51. The summed E-state index contributed by atoms with van der Waals surface area (Å²) in [6, 6.07) is 1.48. The summed E-state index contributed by atoms with van der Waals surface area (Å²) in [6.07, 6.45) is 0. The van der Waals surface area contributed by atoms with Gasteiger partial charge in [-0.1, -0.05) is 11.6 Å². The van der Waals surface area contributed by atoms with Gasteiger partial charge in [0.25, 0.3) is 5.78 Å². The van der Waals surface area contributed by atoms with E-state index in [2.05, 4.69) is 0 Å². The third-order valence-corrected chi connectivity index (χ3v) is 2.91. The van der Waals surface area contributed by atoms with Gasteiger partial charge in [0, 0.05) is 6.07 Å². The van der Waals surface area contributed by atoms with Crippen LogP contribution in [0.5, 0.6) is 17.2 Å². The van der Waals surface area contributed by atoms with Crippen LogP contribution >= 0.6 is 11.6 Å². The summed E-state index contributed by atoms with van der Waals surface area (Å²) >= 11 is 6.03. The number of rotatable bonds is 4. The Morgan fingerprint density at radius 3 is 2.70 bits per heavy atom. The minimum atomic E-state index is -0.996. The lowest BCUT2D eigenvalue weighted by molar-refractivity contribution is -0.137. The molecule has 0 fully saturated rings. The fourth-order valence-electron chi connectivity index (χ4n) is 1.84. The second-order valence-corrected chi connectivity index (χ2v) is 4.25. The van der Waals surface area contributed by atoms with Crippen LogP contribution in [0.4, 0.5) is 0 Å². The van der Waals surface area contributed by atoms with Gasteiger partial charge >= 0.3 is 5.97 Å². The standard InChI is InChI=1S/C13H13ClO6/c1-3-18-13(16)10(15)9-11(17-2)7(14)6-8-12(9)20-5-4-19-8/h6H,3-5H2,1-2H3. The Balaban J connectivity index is 2.56. The van der Waals surface area contributed by atoms with E-state index in [0.717, 1.165) is 0 Å². The predicted octanol–water partition coefficient (Wildman–Crippen LogP) is 1.87. The third-order valence-electron chi connectivity index (χ3n) is 2.63. The molecule has 1 aromatic carbocycles. The van der Waals surface area contributed by atoms with Gasteiger partial charge in [-0.05, 0) is 6.92 Å². The Morgan fingerprint density at radius 2 is 2.05 bits per heavy atom. The molecule has 20 heavy (non-hydrogen) atoms. The van der Waals surface area contributed by atoms with E-state index in [1.165, 1.54) is 13.2 Å². The Morgan fingerprint density at radius 1 is 1.35 bits per heavy atom. The number of Topliss-reactive ketones (excluding diaryl/α,β-unsaturated/α-hetero) is 1.